The highest BCUT2D eigenvalue weighted by Gasteiger charge is 2.36. The first-order chi connectivity index (χ1) is 11.2. The molecule has 1 aromatic rings. The van der Waals surface area contributed by atoms with Crippen LogP contribution >= 0.6 is 11.6 Å². The van der Waals surface area contributed by atoms with E-state index in [-0.39, 0.29) is 6.54 Å². The summed E-state index contributed by atoms with van der Waals surface area (Å²) in [6.45, 7) is 6.74. The van der Waals surface area contributed by atoms with Crippen LogP contribution in [0.2, 0.25) is 5.02 Å². The molecule has 0 unspecified atom stereocenters. The van der Waals surface area contributed by atoms with Gasteiger partial charge in [0.25, 0.3) is 0 Å². The molecule has 0 spiro atoms. The summed E-state index contributed by atoms with van der Waals surface area (Å²) < 4.78 is 5.33. The molecule has 1 heterocycles. The highest BCUT2D eigenvalue weighted by Crippen LogP contribution is 2.21. The van der Waals surface area contributed by atoms with Gasteiger partial charge in [-0.25, -0.2) is 4.79 Å². The average Bonchev–Trinajstić information content (AvgIpc) is 2.48. The van der Waals surface area contributed by atoms with Crippen LogP contribution < -0.4 is 0 Å². The lowest BCUT2D eigenvalue weighted by atomic mass is 10.1. The number of carbonyl (C=O) groups excluding carboxylic acids is 1. The normalized spacial score (nSPS) is 19.2. The van der Waals surface area contributed by atoms with Crippen LogP contribution in [0.4, 0.5) is 4.79 Å². The second-order valence-electron chi connectivity index (χ2n) is 6.84. The van der Waals surface area contributed by atoms with Crippen molar-refractivity contribution in [3.8, 4) is 0 Å². The van der Waals surface area contributed by atoms with Crippen molar-refractivity contribution in [3.05, 3.63) is 34.9 Å². The zero-order chi connectivity index (χ0) is 17.9. The number of ether oxygens (including phenoxy) is 1. The summed E-state index contributed by atoms with van der Waals surface area (Å²) in [5, 5.41) is 10.1. The lowest BCUT2D eigenvalue weighted by molar-refractivity contribution is -0.145. The zero-order valence-electron chi connectivity index (χ0n) is 14.2. The summed E-state index contributed by atoms with van der Waals surface area (Å²) in [5.74, 6) is -0.963. The highest BCUT2D eigenvalue weighted by atomic mass is 35.5. The van der Waals surface area contributed by atoms with Gasteiger partial charge in [-0.1, -0.05) is 29.8 Å². The Balaban J connectivity index is 2.07. The van der Waals surface area contributed by atoms with E-state index in [0.29, 0.717) is 24.7 Å². The van der Waals surface area contributed by atoms with Gasteiger partial charge in [0.05, 0.1) is 6.54 Å². The molecule has 0 saturated carbocycles. The van der Waals surface area contributed by atoms with E-state index in [1.807, 2.05) is 23.1 Å². The van der Waals surface area contributed by atoms with Crippen LogP contribution in [-0.2, 0) is 16.1 Å². The minimum Gasteiger partial charge on any atom is -0.480 e. The third-order valence-electron chi connectivity index (χ3n) is 3.76. The lowest BCUT2D eigenvalue weighted by Gasteiger charge is -2.39. The number of piperazine rings is 1. The van der Waals surface area contributed by atoms with Gasteiger partial charge in [0.15, 0.2) is 0 Å². The highest BCUT2D eigenvalue weighted by molar-refractivity contribution is 6.31. The van der Waals surface area contributed by atoms with E-state index in [1.54, 1.807) is 26.8 Å². The molecule has 1 aliphatic rings. The number of hydrogen-bond donors (Lipinski definition) is 1. The zero-order valence-corrected chi connectivity index (χ0v) is 14.9. The molecule has 1 saturated heterocycles. The van der Waals surface area contributed by atoms with Crippen LogP contribution in [0, 0.1) is 0 Å². The van der Waals surface area contributed by atoms with Crippen molar-refractivity contribution >= 4 is 23.7 Å². The second-order valence-corrected chi connectivity index (χ2v) is 7.25. The smallest absolute Gasteiger partial charge is 0.410 e. The first-order valence-electron chi connectivity index (χ1n) is 7.85. The van der Waals surface area contributed by atoms with Crippen molar-refractivity contribution in [1.29, 1.82) is 0 Å². The molecule has 1 aromatic carbocycles. The number of aliphatic carboxylic acids is 1. The molecule has 1 amide bonds. The third-order valence-corrected chi connectivity index (χ3v) is 4.13. The number of halogens is 1. The van der Waals surface area contributed by atoms with E-state index in [9.17, 15) is 14.7 Å². The predicted octanol–water partition coefficient (Wildman–Crippen LogP) is 2.85. The van der Waals surface area contributed by atoms with Crippen molar-refractivity contribution in [1.82, 2.24) is 9.80 Å². The maximum absolute atomic E-state index is 12.2. The molecule has 1 N–H and O–H groups in total. The third kappa shape index (κ3) is 4.85. The topological polar surface area (TPSA) is 70.1 Å². The summed E-state index contributed by atoms with van der Waals surface area (Å²) in [4.78, 5) is 27.1. The standard InChI is InChI=1S/C17H23ClN2O4/c1-17(2,3)24-16(23)20-9-8-19(14(11-20)15(21)22)10-12-6-4-5-7-13(12)18/h4-7,14H,8-11H2,1-3H3,(H,21,22)/t14-/m0/s1. The molecular weight excluding hydrogens is 332 g/mol. The van der Waals surface area contributed by atoms with Gasteiger partial charge < -0.3 is 14.7 Å². The quantitative estimate of drug-likeness (QED) is 0.903. The minimum absolute atomic E-state index is 0.0920. The molecule has 24 heavy (non-hydrogen) atoms. The molecule has 0 bridgehead atoms. The lowest BCUT2D eigenvalue weighted by Crippen LogP contribution is -2.57. The number of amides is 1. The Morgan fingerprint density at radius 1 is 1.29 bits per heavy atom. The van der Waals surface area contributed by atoms with Gasteiger partial charge in [-0.3, -0.25) is 9.69 Å². The largest absolute Gasteiger partial charge is 0.480 e. The first kappa shape index (κ1) is 18.5. The number of nitrogens with zero attached hydrogens (tertiary/aromatic N) is 2. The maximum atomic E-state index is 12.2. The minimum atomic E-state index is -0.963. The molecule has 0 radical (unpaired) electrons. The van der Waals surface area contributed by atoms with Gasteiger partial charge in [0.1, 0.15) is 11.6 Å². The molecule has 1 atom stereocenters. The average molecular weight is 355 g/mol. The number of carbonyl (C=O) groups is 2. The van der Waals surface area contributed by atoms with E-state index in [0.717, 1.165) is 5.56 Å². The molecule has 1 aliphatic heterocycles. The Morgan fingerprint density at radius 3 is 2.54 bits per heavy atom. The van der Waals surface area contributed by atoms with Gasteiger partial charge >= 0.3 is 12.1 Å². The SMILES string of the molecule is CC(C)(C)OC(=O)N1CCN(Cc2ccccc2Cl)[C@H](C(=O)O)C1. The van der Waals surface area contributed by atoms with Crippen LogP contribution in [0.25, 0.3) is 0 Å². The Labute approximate surface area is 146 Å². The molecule has 132 valence electrons. The molecule has 0 aromatic heterocycles. The van der Waals surface area contributed by atoms with E-state index in [2.05, 4.69) is 0 Å². The van der Waals surface area contributed by atoms with Crippen molar-refractivity contribution in [2.24, 2.45) is 0 Å². The number of carboxylic acids is 1. The maximum Gasteiger partial charge on any atom is 0.410 e. The van der Waals surface area contributed by atoms with Crippen molar-refractivity contribution in [2.75, 3.05) is 19.6 Å². The van der Waals surface area contributed by atoms with Crippen LogP contribution in [-0.4, -0.2) is 58.2 Å². The Morgan fingerprint density at radius 2 is 1.96 bits per heavy atom. The summed E-state index contributed by atoms with van der Waals surface area (Å²) in [6, 6.07) is 6.57. The van der Waals surface area contributed by atoms with Crippen molar-refractivity contribution in [3.63, 3.8) is 0 Å². The summed E-state index contributed by atoms with van der Waals surface area (Å²) in [7, 11) is 0. The Bertz CT molecular complexity index is 615. The summed E-state index contributed by atoms with van der Waals surface area (Å²) in [5.41, 5.74) is 0.265. The number of hydrogen-bond acceptors (Lipinski definition) is 4. The molecule has 0 aliphatic carbocycles. The van der Waals surface area contributed by atoms with Crippen molar-refractivity contribution < 1.29 is 19.4 Å². The van der Waals surface area contributed by atoms with Crippen molar-refractivity contribution in [2.45, 2.75) is 39.0 Å². The molecule has 2 rings (SSSR count). The van der Waals surface area contributed by atoms with Crippen LogP contribution in [0.5, 0.6) is 0 Å². The fourth-order valence-corrected chi connectivity index (χ4v) is 2.78. The van der Waals surface area contributed by atoms with E-state index < -0.39 is 23.7 Å². The second kappa shape index (κ2) is 7.40. The van der Waals surface area contributed by atoms with Gasteiger partial charge in [-0.2, -0.15) is 0 Å². The summed E-state index contributed by atoms with van der Waals surface area (Å²) >= 11 is 6.16. The van der Waals surface area contributed by atoms with Gasteiger partial charge in [0, 0.05) is 24.7 Å². The molecule has 6 nitrogen and oxygen atoms in total. The van der Waals surface area contributed by atoms with Gasteiger partial charge in [-0.05, 0) is 32.4 Å². The number of rotatable bonds is 3. The molecule has 7 heteroatoms. The van der Waals surface area contributed by atoms with Crippen LogP contribution in [0.3, 0.4) is 0 Å². The summed E-state index contributed by atoms with van der Waals surface area (Å²) in [6.07, 6.45) is -0.480. The first-order valence-corrected chi connectivity index (χ1v) is 8.23. The fraction of sp³-hybridized carbons (Fsp3) is 0.529. The Kier molecular flexibility index (Phi) is 5.72. The van der Waals surface area contributed by atoms with Gasteiger partial charge in [0.2, 0.25) is 0 Å². The van der Waals surface area contributed by atoms with Crippen LogP contribution in [0.1, 0.15) is 26.3 Å². The van der Waals surface area contributed by atoms with E-state index >= 15 is 0 Å². The fourth-order valence-electron chi connectivity index (χ4n) is 2.58. The van der Waals surface area contributed by atoms with Gasteiger partial charge in [-0.15, -0.1) is 0 Å². The van der Waals surface area contributed by atoms with E-state index in [1.165, 1.54) is 4.90 Å². The predicted molar refractivity (Wildman–Crippen MR) is 91.1 cm³/mol. The Hall–Kier alpha value is -1.79. The number of carboxylic acid groups (broad SMARTS) is 1. The van der Waals surface area contributed by atoms with E-state index in [4.69, 9.17) is 16.3 Å². The monoisotopic (exact) mass is 354 g/mol. The number of benzene rings is 1. The molecule has 1 fully saturated rings. The molecular formula is C17H23ClN2O4. The van der Waals surface area contributed by atoms with Crippen LogP contribution in [0.15, 0.2) is 24.3 Å².